The molecule has 2 fully saturated rings. The number of para-hydroxylation sites is 1. The van der Waals surface area contributed by atoms with Gasteiger partial charge in [0.05, 0.1) is 45.2 Å². The Kier molecular flexibility index (Phi) is 5.03. The number of non-ortho nitro benzene ring substituents is 1. The number of ketones is 1. The lowest BCUT2D eigenvalue weighted by molar-refractivity contribution is -0.384. The summed E-state index contributed by atoms with van der Waals surface area (Å²) in [7, 11) is 0. The molecule has 0 radical (unpaired) electrons. The van der Waals surface area contributed by atoms with Crippen LogP contribution in [-0.2, 0) is 9.59 Å². The molecule has 0 bridgehead atoms. The number of anilines is 1. The molecule has 34 heavy (non-hydrogen) atoms. The molecule has 2 amide bonds. The summed E-state index contributed by atoms with van der Waals surface area (Å²) in [5.41, 5.74) is 0.320. The minimum Gasteiger partial charge on any atom is -0.359 e. The number of rotatable bonds is 4. The molecule has 0 spiro atoms. The Balaban J connectivity index is 1.62. The number of fused-ring (bicyclic) bond motifs is 3. The zero-order chi connectivity index (χ0) is 24.1. The van der Waals surface area contributed by atoms with Crippen molar-refractivity contribution in [2.24, 2.45) is 11.8 Å². The van der Waals surface area contributed by atoms with Crippen LogP contribution in [0.15, 0.2) is 72.5 Å². The first-order chi connectivity index (χ1) is 16.3. The fraction of sp³-hybridized carbons (Fsp3) is 0.167. The highest BCUT2D eigenvalue weighted by Crippen LogP contribution is 2.47. The van der Waals surface area contributed by atoms with E-state index in [9.17, 15) is 29.8 Å². The summed E-state index contributed by atoms with van der Waals surface area (Å²) in [5, 5.41) is 20.8. The van der Waals surface area contributed by atoms with Crippen LogP contribution in [0.4, 0.5) is 11.4 Å². The third-order valence-corrected chi connectivity index (χ3v) is 6.70. The molecule has 10 heteroatoms. The molecular weight excluding hydrogens is 460 g/mol. The summed E-state index contributed by atoms with van der Waals surface area (Å²) in [6, 6.07) is 11.9. The first kappa shape index (κ1) is 21.6. The monoisotopic (exact) mass is 474 g/mol. The Morgan fingerprint density at radius 1 is 1.09 bits per heavy atom. The number of hydrogen-bond donors (Lipinski definition) is 0. The first-order valence-corrected chi connectivity index (χ1v) is 10.7. The van der Waals surface area contributed by atoms with Crippen LogP contribution in [0.3, 0.4) is 0 Å². The van der Waals surface area contributed by atoms with E-state index >= 15 is 0 Å². The second-order valence-electron chi connectivity index (χ2n) is 8.12. The fourth-order valence-corrected chi connectivity index (χ4v) is 5.16. The zero-order valence-corrected chi connectivity index (χ0v) is 18.1. The lowest BCUT2D eigenvalue weighted by Crippen LogP contribution is -2.46. The maximum Gasteiger partial charge on any atom is 0.270 e. The fourth-order valence-electron chi connectivity index (χ4n) is 4.94. The van der Waals surface area contributed by atoms with Gasteiger partial charge >= 0.3 is 0 Å². The van der Waals surface area contributed by atoms with E-state index in [4.69, 9.17) is 11.6 Å². The highest BCUT2D eigenvalue weighted by atomic mass is 35.5. The van der Waals surface area contributed by atoms with Crippen molar-refractivity contribution in [3.8, 4) is 6.07 Å². The molecule has 0 saturated carbocycles. The molecule has 0 aromatic heterocycles. The second-order valence-corrected chi connectivity index (χ2v) is 8.53. The predicted octanol–water partition coefficient (Wildman–Crippen LogP) is 3.27. The van der Waals surface area contributed by atoms with E-state index in [1.54, 1.807) is 35.2 Å². The molecule has 0 unspecified atom stereocenters. The number of amides is 2. The van der Waals surface area contributed by atoms with E-state index < -0.39 is 46.4 Å². The zero-order valence-electron chi connectivity index (χ0n) is 17.4. The lowest BCUT2D eigenvalue weighted by atomic mass is 9.86. The van der Waals surface area contributed by atoms with Gasteiger partial charge < -0.3 is 4.90 Å². The number of allylic oxidation sites excluding steroid dienone is 2. The summed E-state index contributed by atoms with van der Waals surface area (Å²) in [6.07, 6.45) is 4.60. The number of nitro benzene ring substituents is 1. The number of carbonyl (C=O) groups excluding carboxylic acids is 3. The van der Waals surface area contributed by atoms with Crippen LogP contribution in [0.2, 0.25) is 5.02 Å². The number of imide groups is 1. The van der Waals surface area contributed by atoms with E-state index in [1.807, 2.05) is 6.07 Å². The Morgan fingerprint density at radius 3 is 2.53 bits per heavy atom. The molecule has 2 aromatic carbocycles. The van der Waals surface area contributed by atoms with Gasteiger partial charge in [-0.05, 0) is 24.3 Å². The average molecular weight is 475 g/mol. The van der Waals surface area contributed by atoms with E-state index in [1.165, 1.54) is 30.5 Å². The van der Waals surface area contributed by atoms with Crippen molar-refractivity contribution in [3.63, 3.8) is 0 Å². The van der Waals surface area contributed by atoms with Gasteiger partial charge in [-0.1, -0.05) is 35.9 Å². The Labute approximate surface area is 198 Å². The standard InChI is InChI=1S/C24H15ClN4O5/c25-16-6-1-2-7-17(16)28-23(31)19-18-10-13(12-26)8-9-27(18)21(20(19)24(28)32)22(30)14-4-3-5-15(11-14)29(33)34/h1-11,18-21H/t18-,19+,20+,21+/m1/s1. The van der Waals surface area contributed by atoms with Gasteiger partial charge in [-0.3, -0.25) is 24.5 Å². The molecular formula is C24H15ClN4O5. The largest absolute Gasteiger partial charge is 0.359 e. The SMILES string of the molecule is N#CC1=C[C@@H]2[C@@H]3C(=O)N(c4ccccc4Cl)C(=O)[C@@H]3[C@@H](C(=O)c3cccc([N+](=O)[O-])c3)N2C=C1. The minimum absolute atomic E-state index is 0.0542. The lowest BCUT2D eigenvalue weighted by Gasteiger charge is -2.32. The van der Waals surface area contributed by atoms with Gasteiger partial charge in [0.2, 0.25) is 11.8 Å². The van der Waals surface area contributed by atoms with Gasteiger partial charge in [0, 0.05) is 23.9 Å². The van der Waals surface area contributed by atoms with Crippen LogP contribution in [0.1, 0.15) is 10.4 Å². The van der Waals surface area contributed by atoms with Crippen LogP contribution >= 0.6 is 11.6 Å². The molecule has 2 saturated heterocycles. The van der Waals surface area contributed by atoms with Crippen LogP contribution in [0.25, 0.3) is 0 Å². The minimum atomic E-state index is -1.09. The Hall–Kier alpha value is -4.29. The normalized spacial score (nSPS) is 25.0. The Morgan fingerprint density at radius 2 is 1.82 bits per heavy atom. The molecule has 3 heterocycles. The molecule has 2 aromatic rings. The van der Waals surface area contributed by atoms with Gasteiger partial charge in [0.25, 0.3) is 5.69 Å². The van der Waals surface area contributed by atoms with Crippen LogP contribution in [0.5, 0.6) is 0 Å². The van der Waals surface area contributed by atoms with E-state index in [0.29, 0.717) is 5.57 Å². The maximum absolute atomic E-state index is 13.6. The second kappa shape index (κ2) is 7.93. The van der Waals surface area contributed by atoms with Crippen LogP contribution < -0.4 is 4.90 Å². The molecule has 3 aliphatic rings. The van der Waals surface area contributed by atoms with Crippen molar-refractivity contribution in [1.82, 2.24) is 4.90 Å². The number of nitriles is 1. The quantitative estimate of drug-likeness (QED) is 0.288. The molecule has 9 nitrogen and oxygen atoms in total. The predicted molar refractivity (Wildman–Crippen MR) is 121 cm³/mol. The number of Topliss-reactive ketones (excluding diaryl/α,β-unsaturated/α-hetero) is 1. The van der Waals surface area contributed by atoms with Crippen molar-refractivity contribution in [3.05, 3.63) is 93.2 Å². The summed E-state index contributed by atoms with van der Waals surface area (Å²) in [5.74, 6) is -3.61. The van der Waals surface area contributed by atoms with E-state index in [-0.39, 0.29) is 22.0 Å². The summed E-state index contributed by atoms with van der Waals surface area (Å²) < 4.78 is 0. The van der Waals surface area contributed by atoms with Gasteiger partial charge in [-0.25, -0.2) is 4.90 Å². The van der Waals surface area contributed by atoms with Gasteiger partial charge in [-0.2, -0.15) is 5.26 Å². The molecule has 3 aliphatic heterocycles. The van der Waals surface area contributed by atoms with Gasteiger partial charge in [0.15, 0.2) is 5.78 Å². The van der Waals surface area contributed by atoms with Crippen LogP contribution in [0, 0.1) is 33.3 Å². The van der Waals surface area contributed by atoms with Gasteiger partial charge in [0.1, 0.15) is 6.04 Å². The number of halogens is 1. The first-order valence-electron chi connectivity index (χ1n) is 10.3. The number of nitro groups is 1. The third kappa shape index (κ3) is 3.11. The molecule has 5 rings (SSSR count). The van der Waals surface area contributed by atoms with Crippen molar-refractivity contribution >= 4 is 40.6 Å². The average Bonchev–Trinajstić information content (AvgIpc) is 3.31. The van der Waals surface area contributed by atoms with Crippen molar-refractivity contribution in [1.29, 1.82) is 5.26 Å². The highest BCUT2D eigenvalue weighted by Gasteiger charge is 2.63. The van der Waals surface area contributed by atoms with E-state index in [2.05, 4.69) is 0 Å². The third-order valence-electron chi connectivity index (χ3n) is 6.38. The maximum atomic E-state index is 13.6. The number of carbonyl (C=O) groups is 3. The summed E-state index contributed by atoms with van der Waals surface area (Å²) >= 11 is 6.26. The Bertz CT molecular complexity index is 1380. The van der Waals surface area contributed by atoms with E-state index in [0.717, 1.165) is 11.0 Å². The van der Waals surface area contributed by atoms with Crippen molar-refractivity contribution in [2.45, 2.75) is 12.1 Å². The number of nitrogens with zero attached hydrogens (tertiary/aromatic N) is 4. The topological polar surface area (TPSA) is 125 Å². The number of benzene rings is 2. The molecule has 4 atom stereocenters. The molecule has 0 aliphatic carbocycles. The highest BCUT2D eigenvalue weighted by molar-refractivity contribution is 6.36. The van der Waals surface area contributed by atoms with Gasteiger partial charge in [-0.15, -0.1) is 0 Å². The smallest absolute Gasteiger partial charge is 0.270 e. The molecule has 0 N–H and O–H groups in total. The van der Waals surface area contributed by atoms with Crippen molar-refractivity contribution in [2.75, 3.05) is 4.90 Å². The van der Waals surface area contributed by atoms with Crippen molar-refractivity contribution < 1.29 is 19.3 Å². The van der Waals surface area contributed by atoms with Crippen LogP contribution in [-0.4, -0.2) is 39.5 Å². The summed E-state index contributed by atoms with van der Waals surface area (Å²) in [6.45, 7) is 0. The summed E-state index contributed by atoms with van der Waals surface area (Å²) in [4.78, 5) is 54.0. The number of hydrogen-bond acceptors (Lipinski definition) is 7. The molecule has 168 valence electrons.